The molecule has 0 heterocycles. The lowest BCUT2D eigenvalue weighted by Crippen LogP contribution is -2.24. The summed E-state index contributed by atoms with van der Waals surface area (Å²) in [5, 5.41) is 21.0. The zero-order valence-corrected chi connectivity index (χ0v) is 11.1. The molecular weight excluding hydrogens is 270 g/mol. The van der Waals surface area contributed by atoms with Gasteiger partial charge in [0, 0.05) is 18.0 Å². The number of unbranched alkanes of at least 4 members (excludes halogenated alkanes) is 2. The summed E-state index contributed by atoms with van der Waals surface area (Å²) in [5.41, 5.74) is 0.137. The van der Waals surface area contributed by atoms with Crippen LogP contribution in [0, 0.1) is 0 Å². The number of amides is 1. The van der Waals surface area contributed by atoms with Crippen molar-refractivity contribution in [1.82, 2.24) is 5.32 Å². The standard InChI is InChI=1S/C13H16ClNO4/c14-9-5-6-11(16)10(8-9)13(19)15-7-3-1-2-4-12(17)18/h5-6,8,16H,1-4,7H2,(H,15,19)(H,17,18). The highest BCUT2D eigenvalue weighted by atomic mass is 35.5. The van der Waals surface area contributed by atoms with Crippen LogP contribution in [-0.2, 0) is 4.79 Å². The SMILES string of the molecule is O=C(O)CCCCCNC(=O)c1cc(Cl)ccc1O. The summed E-state index contributed by atoms with van der Waals surface area (Å²) in [6.45, 7) is 0.435. The number of aliphatic carboxylic acids is 1. The van der Waals surface area contributed by atoms with E-state index in [9.17, 15) is 14.7 Å². The zero-order chi connectivity index (χ0) is 14.3. The maximum atomic E-state index is 11.7. The van der Waals surface area contributed by atoms with Crippen molar-refractivity contribution in [2.24, 2.45) is 0 Å². The lowest BCUT2D eigenvalue weighted by atomic mass is 10.1. The number of halogens is 1. The van der Waals surface area contributed by atoms with E-state index in [1.54, 1.807) is 0 Å². The maximum Gasteiger partial charge on any atom is 0.303 e. The van der Waals surface area contributed by atoms with Crippen molar-refractivity contribution in [2.75, 3.05) is 6.54 Å². The number of aromatic hydroxyl groups is 1. The summed E-state index contributed by atoms with van der Waals surface area (Å²) in [5.74, 6) is -1.32. The molecule has 1 rings (SSSR count). The molecule has 1 amide bonds. The summed E-state index contributed by atoms with van der Waals surface area (Å²) < 4.78 is 0. The zero-order valence-electron chi connectivity index (χ0n) is 10.4. The van der Waals surface area contributed by atoms with Gasteiger partial charge in [-0.3, -0.25) is 9.59 Å². The third-order valence-corrected chi connectivity index (χ3v) is 2.79. The van der Waals surface area contributed by atoms with E-state index >= 15 is 0 Å². The summed E-state index contributed by atoms with van der Waals surface area (Å²) in [6, 6.07) is 4.26. The summed E-state index contributed by atoms with van der Waals surface area (Å²) >= 11 is 5.75. The van der Waals surface area contributed by atoms with Crippen LogP contribution in [0.2, 0.25) is 5.02 Å². The highest BCUT2D eigenvalue weighted by Crippen LogP contribution is 2.21. The molecule has 5 nitrogen and oxygen atoms in total. The molecule has 0 aromatic heterocycles. The van der Waals surface area contributed by atoms with E-state index in [1.807, 2.05) is 0 Å². The lowest BCUT2D eigenvalue weighted by molar-refractivity contribution is -0.137. The first kappa shape index (κ1) is 15.3. The Morgan fingerprint density at radius 2 is 1.95 bits per heavy atom. The van der Waals surface area contributed by atoms with Crippen LogP contribution in [0.3, 0.4) is 0 Å². The fraction of sp³-hybridized carbons (Fsp3) is 0.385. The molecule has 1 aromatic carbocycles. The Kier molecular flexibility index (Phi) is 6.15. The van der Waals surface area contributed by atoms with E-state index < -0.39 is 11.9 Å². The Labute approximate surface area is 116 Å². The quantitative estimate of drug-likeness (QED) is 0.672. The Hall–Kier alpha value is -1.75. The molecule has 0 unspecified atom stereocenters. The number of hydrogen-bond donors (Lipinski definition) is 3. The van der Waals surface area contributed by atoms with E-state index in [0.29, 0.717) is 24.4 Å². The van der Waals surface area contributed by atoms with Gasteiger partial charge in [-0.25, -0.2) is 0 Å². The fourth-order valence-corrected chi connectivity index (χ4v) is 1.74. The van der Waals surface area contributed by atoms with Crippen molar-refractivity contribution < 1.29 is 19.8 Å². The molecule has 6 heteroatoms. The molecule has 0 bridgehead atoms. The highest BCUT2D eigenvalue weighted by Gasteiger charge is 2.10. The summed E-state index contributed by atoms with van der Waals surface area (Å²) in [4.78, 5) is 22.0. The molecule has 3 N–H and O–H groups in total. The molecule has 0 saturated carbocycles. The molecule has 0 spiro atoms. The van der Waals surface area contributed by atoms with Gasteiger partial charge < -0.3 is 15.5 Å². The average Bonchev–Trinajstić information content (AvgIpc) is 2.36. The van der Waals surface area contributed by atoms with Crippen LogP contribution < -0.4 is 5.32 Å². The molecule has 19 heavy (non-hydrogen) atoms. The van der Waals surface area contributed by atoms with Gasteiger partial charge in [-0.2, -0.15) is 0 Å². The van der Waals surface area contributed by atoms with Crippen LogP contribution >= 0.6 is 11.6 Å². The minimum atomic E-state index is -0.812. The molecule has 0 saturated heterocycles. The second-order valence-electron chi connectivity index (χ2n) is 4.12. The first-order valence-corrected chi connectivity index (χ1v) is 6.37. The Morgan fingerprint density at radius 3 is 2.63 bits per heavy atom. The molecule has 0 aliphatic rings. The van der Waals surface area contributed by atoms with E-state index in [1.165, 1.54) is 18.2 Å². The van der Waals surface area contributed by atoms with E-state index in [4.69, 9.17) is 16.7 Å². The first-order valence-electron chi connectivity index (χ1n) is 5.99. The van der Waals surface area contributed by atoms with Gasteiger partial charge in [-0.05, 0) is 31.0 Å². The summed E-state index contributed by atoms with van der Waals surface area (Å²) in [6.07, 6.45) is 2.16. The van der Waals surface area contributed by atoms with Gasteiger partial charge in [-0.1, -0.05) is 18.0 Å². The van der Waals surface area contributed by atoms with Crippen molar-refractivity contribution in [3.05, 3.63) is 28.8 Å². The number of benzene rings is 1. The van der Waals surface area contributed by atoms with E-state index in [0.717, 1.165) is 6.42 Å². The van der Waals surface area contributed by atoms with Gasteiger partial charge in [0.15, 0.2) is 0 Å². The number of carboxylic acid groups (broad SMARTS) is 1. The topological polar surface area (TPSA) is 86.6 Å². The third-order valence-electron chi connectivity index (χ3n) is 2.56. The minimum absolute atomic E-state index is 0.118. The monoisotopic (exact) mass is 285 g/mol. The number of carbonyl (C=O) groups is 2. The number of phenolic OH excluding ortho intramolecular Hbond substituents is 1. The number of carboxylic acids is 1. The molecule has 1 aromatic rings. The molecule has 0 aliphatic heterocycles. The van der Waals surface area contributed by atoms with Crippen molar-refractivity contribution in [3.63, 3.8) is 0 Å². The second kappa shape index (κ2) is 7.63. The normalized spacial score (nSPS) is 10.2. The van der Waals surface area contributed by atoms with Gasteiger partial charge in [0.25, 0.3) is 5.91 Å². The fourth-order valence-electron chi connectivity index (χ4n) is 1.57. The van der Waals surface area contributed by atoms with E-state index in [-0.39, 0.29) is 17.7 Å². The second-order valence-corrected chi connectivity index (χ2v) is 4.56. The number of rotatable bonds is 7. The predicted octanol–water partition coefficient (Wildman–Crippen LogP) is 2.42. The third kappa shape index (κ3) is 5.61. The van der Waals surface area contributed by atoms with Crippen LogP contribution in [-0.4, -0.2) is 28.6 Å². The molecule has 0 aliphatic carbocycles. The van der Waals surface area contributed by atoms with Gasteiger partial charge in [0.1, 0.15) is 5.75 Å². The minimum Gasteiger partial charge on any atom is -0.507 e. The number of phenols is 1. The van der Waals surface area contributed by atoms with Crippen molar-refractivity contribution >= 4 is 23.5 Å². The Bertz CT molecular complexity index is 462. The molecule has 104 valence electrons. The van der Waals surface area contributed by atoms with Gasteiger partial charge >= 0.3 is 5.97 Å². The molecule has 0 atom stereocenters. The van der Waals surface area contributed by atoms with E-state index in [2.05, 4.69) is 5.32 Å². The Morgan fingerprint density at radius 1 is 1.21 bits per heavy atom. The van der Waals surface area contributed by atoms with Crippen molar-refractivity contribution in [3.8, 4) is 5.75 Å². The number of hydrogen-bond acceptors (Lipinski definition) is 3. The van der Waals surface area contributed by atoms with Crippen molar-refractivity contribution in [2.45, 2.75) is 25.7 Å². The average molecular weight is 286 g/mol. The summed E-state index contributed by atoms with van der Waals surface area (Å²) in [7, 11) is 0. The van der Waals surface area contributed by atoms with Gasteiger partial charge in [0.2, 0.25) is 0 Å². The van der Waals surface area contributed by atoms with Crippen LogP contribution in [0.1, 0.15) is 36.0 Å². The smallest absolute Gasteiger partial charge is 0.303 e. The first-order chi connectivity index (χ1) is 9.00. The van der Waals surface area contributed by atoms with Crippen LogP contribution in [0.15, 0.2) is 18.2 Å². The lowest BCUT2D eigenvalue weighted by Gasteiger charge is -2.07. The van der Waals surface area contributed by atoms with Gasteiger partial charge in [0.05, 0.1) is 5.56 Å². The maximum absolute atomic E-state index is 11.7. The van der Waals surface area contributed by atoms with Crippen LogP contribution in [0.4, 0.5) is 0 Å². The molecule has 0 fully saturated rings. The largest absolute Gasteiger partial charge is 0.507 e. The Balaban J connectivity index is 2.31. The highest BCUT2D eigenvalue weighted by molar-refractivity contribution is 6.31. The van der Waals surface area contributed by atoms with Crippen molar-refractivity contribution in [1.29, 1.82) is 0 Å². The predicted molar refractivity (Wildman–Crippen MR) is 71.6 cm³/mol. The van der Waals surface area contributed by atoms with Gasteiger partial charge in [-0.15, -0.1) is 0 Å². The number of carbonyl (C=O) groups excluding carboxylic acids is 1. The van der Waals surface area contributed by atoms with Crippen LogP contribution in [0.5, 0.6) is 5.75 Å². The number of nitrogens with one attached hydrogen (secondary N) is 1. The molecular formula is C13H16ClNO4. The van der Waals surface area contributed by atoms with Crippen LogP contribution in [0.25, 0.3) is 0 Å². The molecule has 0 radical (unpaired) electrons.